The van der Waals surface area contributed by atoms with E-state index in [0.29, 0.717) is 0 Å². The summed E-state index contributed by atoms with van der Waals surface area (Å²) in [6.07, 6.45) is 0.771. The Morgan fingerprint density at radius 3 is 2.70 bits per heavy atom. The van der Waals surface area contributed by atoms with Crippen molar-refractivity contribution in [2.24, 2.45) is 5.10 Å². The summed E-state index contributed by atoms with van der Waals surface area (Å²) in [7, 11) is 0. The number of halogens is 1. The van der Waals surface area contributed by atoms with Crippen molar-refractivity contribution in [1.29, 1.82) is 0 Å². The second-order valence-electron chi connectivity index (χ2n) is 5.02. The van der Waals surface area contributed by atoms with Crippen LogP contribution in [0.4, 0.5) is 0 Å². The number of nitrogens with one attached hydrogen (secondary N) is 1. The lowest BCUT2D eigenvalue weighted by atomic mass is 9.98. The molecule has 0 fully saturated rings. The molecule has 0 aromatic heterocycles. The van der Waals surface area contributed by atoms with Gasteiger partial charge in [0.1, 0.15) is 5.75 Å². The smallest absolute Gasteiger partial charge is 0.124 e. The summed E-state index contributed by atoms with van der Waals surface area (Å²) in [4.78, 5) is 0. The quantitative estimate of drug-likeness (QED) is 0.877. The summed E-state index contributed by atoms with van der Waals surface area (Å²) >= 11 is 3.42. The lowest BCUT2D eigenvalue weighted by Crippen LogP contribution is -2.09. The molecule has 0 saturated heterocycles. The van der Waals surface area contributed by atoms with E-state index < -0.39 is 0 Å². The molecule has 102 valence electrons. The maximum atomic E-state index is 9.96. The van der Waals surface area contributed by atoms with Crippen molar-refractivity contribution >= 4 is 21.6 Å². The number of phenols is 1. The first-order chi connectivity index (χ1) is 9.63. The fourth-order valence-corrected chi connectivity index (χ4v) is 2.70. The van der Waals surface area contributed by atoms with Crippen molar-refractivity contribution in [2.45, 2.75) is 19.4 Å². The van der Waals surface area contributed by atoms with Gasteiger partial charge in [0.25, 0.3) is 0 Å². The van der Waals surface area contributed by atoms with Crippen molar-refractivity contribution < 1.29 is 5.11 Å². The molecule has 3 rings (SSSR count). The number of hydrazone groups is 1. The minimum Gasteiger partial charge on any atom is -0.507 e. The van der Waals surface area contributed by atoms with Gasteiger partial charge in [-0.15, -0.1) is 0 Å². The van der Waals surface area contributed by atoms with Crippen LogP contribution < -0.4 is 5.43 Å². The van der Waals surface area contributed by atoms with E-state index in [-0.39, 0.29) is 11.8 Å². The molecule has 3 nitrogen and oxygen atoms in total. The van der Waals surface area contributed by atoms with Crippen LogP contribution in [0.15, 0.2) is 52.0 Å². The van der Waals surface area contributed by atoms with Crippen molar-refractivity contribution in [3.05, 3.63) is 63.6 Å². The summed E-state index contributed by atoms with van der Waals surface area (Å²) < 4.78 is 0.937. The molecule has 1 aliphatic heterocycles. The fraction of sp³-hybridized carbons (Fsp3) is 0.188. The van der Waals surface area contributed by atoms with E-state index in [2.05, 4.69) is 57.6 Å². The highest BCUT2D eigenvalue weighted by Crippen LogP contribution is 2.29. The lowest BCUT2D eigenvalue weighted by Gasteiger charge is -2.10. The van der Waals surface area contributed by atoms with E-state index in [0.717, 1.165) is 22.2 Å². The van der Waals surface area contributed by atoms with Crippen LogP contribution >= 0.6 is 15.9 Å². The molecule has 0 saturated carbocycles. The second-order valence-corrected chi connectivity index (χ2v) is 5.93. The van der Waals surface area contributed by atoms with E-state index in [1.165, 1.54) is 11.1 Å². The summed E-state index contributed by atoms with van der Waals surface area (Å²) in [5.41, 5.74) is 7.27. The second kappa shape index (κ2) is 5.29. The molecule has 4 heteroatoms. The Balaban J connectivity index is 1.82. The van der Waals surface area contributed by atoms with Crippen LogP contribution in [0.3, 0.4) is 0 Å². The molecule has 0 spiro atoms. The van der Waals surface area contributed by atoms with Crippen LogP contribution in [0.5, 0.6) is 5.75 Å². The average molecular weight is 331 g/mol. The van der Waals surface area contributed by atoms with Crippen molar-refractivity contribution in [2.75, 3.05) is 0 Å². The van der Waals surface area contributed by atoms with Gasteiger partial charge in [-0.2, -0.15) is 5.10 Å². The van der Waals surface area contributed by atoms with Gasteiger partial charge in [0.2, 0.25) is 0 Å². The van der Waals surface area contributed by atoms with Crippen LogP contribution in [-0.2, 0) is 0 Å². The summed E-state index contributed by atoms with van der Waals surface area (Å²) in [6.45, 7) is 2.08. The molecule has 20 heavy (non-hydrogen) atoms. The predicted molar refractivity (Wildman–Crippen MR) is 84.0 cm³/mol. The molecule has 0 radical (unpaired) electrons. The SMILES string of the molecule is Cc1ccc(C2CC(c3cc(Br)ccc3O)=NN2)cc1. The van der Waals surface area contributed by atoms with Gasteiger partial charge in [-0.25, -0.2) is 0 Å². The Labute approximate surface area is 126 Å². The molecule has 1 atom stereocenters. The lowest BCUT2D eigenvalue weighted by molar-refractivity contribution is 0.474. The number of hydrogen-bond acceptors (Lipinski definition) is 3. The Hall–Kier alpha value is -1.81. The number of aryl methyl sites for hydroxylation is 1. The number of hydrogen-bond donors (Lipinski definition) is 2. The normalized spacial score (nSPS) is 17.7. The van der Waals surface area contributed by atoms with Crippen molar-refractivity contribution in [1.82, 2.24) is 5.43 Å². The monoisotopic (exact) mass is 330 g/mol. The van der Waals surface area contributed by atoms with Gasteiger partial charge in [0, 0.05) is 16.5 Å². The molecule has 1 unspecified atom stereocenters. The number of rotatable bonds is 2. The summed E-state index contributed by atoms with van der Waals surface area (Å²) in [5.74, 6) is 0.262. The third-order valence-electron chi connectivity index (χ3n) is 3.50. The highest BCUT2D eigenvalue weighted by molar-refractivity contribution is 9.10. The molecule has 1 heterocycles. The average Bonchev–Trinajstić information content (AvgIpc) is 2.92. The molecule has 1 aliphatic rings. The Morgan fingerprint density at radius 2 is 1.95 bits per heavy atom. The summed E-state index contributed by atoms with van der Waals surface area (Å²) in [6, 6.07) is 14.0. The van der Waals surface area contributed by atoms with Crippen LogP contribution in [0, 0.1) is 6.92 Å². The Kier molecular flexibility index (Phi) is 3.49. The van der Waals surface area contributed by atoms with E-state index in [1.54, 1.807) is 6.07 Å². The first-order valence-electron chi connectivity index (χ1n) is 6.51. The zero-order valence-electron chi connectivity index (χ0n) is 11.1. The van der Waals surface area contributed by atoms with Gasteiger partial charge in [0.15, 0.2) is 0 Å². The topological polar surface area (TPSA) is 44.6 Å². The van der Waals surface area contributed by atoms with Gasteiger partial charge in [-0.05, 0) is 30.7 Å². The van der Waals surface area contributed by atoms with E-state index in [9.17, 15) is 5.11 Å². The number of benzene rings is 2. The zero-order valence-corrected chi connectivity index (χ0v) is 12.7. The fourth-order valence-electron chi connectivity index (χ4n) is 2.34. The number of phenolic OH excluding ortho intramolecular Hbond substituents is 1. The minimum atomic E-state index is 0.170. The summed E-state index contributed by atoms with van der Waals surface area (Å²) in [5, 5.41) is 14.3. The standard InChI is InChI=1S/C16H15BrN2O/c1-10-2-4-11(5-3-10)14-9-15(19-18-14)13-8-12(17)6-7-16(13)20/h2-8,14,18,20H,9H2,1H3. The van der Waals surface area contributed by atoms with Gasteiger partial charge in [0.05, 0.1) is 11.8 Å². The maximum absolute atomic E-state index is 9.96. The largest absolute Gasteiger partial charge is 0.507 e. The number of nitrogens with zero attached hydrogens (tertiary/aromatic N) is 1. The van der Waals surface area contributed by atoms with Crippen molar-refractivity contribution in [3.8, 4) is 5.75 Å². The van der Waals surface area contributed by atoms with Gasteiger partial charge >= 0.3 is 0 Å². The van der Waals surface area contributed by atoms with E-state index in [4.69, 9.17) is 0 Å². The minimum absolute atomic E-state index is 0.170. The van der Waals surface area contributed by atoms with E-state index in [1.807, 2.05) is 12.1 Å². The molecule has 0 aliphatic carbocycles. The van der Waals surface area contributed by atoms with Crippen LogP contribution in [-0.4, -0.2) is 10.8 Å². The third-order valence-corrected chi connectivity index (χ3v) is 4.00. The highest BCUT2D eigenvalue weighted by atomic mass is 79.9. The highest BCUT2D eigenvalue weighted by Gasteiger charge is 2.22. The first-order valence-corrected chi connectivity index (χ1v) is 7.30. The molecule has 0 amide bonds. The third kappa shape index (κ3) is 2.56. The molecular weight excluding hydrogens is 316 g/mol. The number of aromatic hydroxyl groups is 1. The molecule has 2 aromatic carbocycles. The van der Waals surface area contributed by atoms with Gasteiger partial charge < -0.3 is 10.5 Å². The zero-order chi connectivity index (χ0) is 14.1. The van der Waals surface area contributed by atoms with Crippen LogP contribution in [0.25, 0.3) is 0 Å². The molecule has 2 aromatic rings. The van der Waals surface area contributed by atoms with Gasteiger partial charge in [-0.3, -0.25) is 0 Å². The molecule has 2 N–H and O–H groups in total. The van der Waals surface area contributed by atoms with Crippen molar-refractivity contribution in [3.63, 3.8) is 0 Å². The van der Waals surface area contributed by atoms with Gasteiger partial charge in [-0.1, -0.05) is 45.8 Å². The van der Waals surface area contributed by atoms with E-state index >= 15 is 0 Å². The first kappa shape index (κ1) is 13.2. The Bertz CT molecular complexity index is 665. The molecular formula is C16H15BrN2O. The van der Waals surface area contributed by atoms with Crippen LogP contribution in [0.1, 0.15) is 29.2 Å². The predicted octanol–water partition coefficient (Wildman–Crippen LogP) is 3.90. The Morgan fingerprint density at radius 1 is 1.20 bits per heavy atom. The maximum Gasteiger partial charge on any atom is 0.124 e. The molecule has 0 bridgehead atoms. The van der Waals surface area contributed by atoms with Crippen LogP contribution in [0.2, 0.25) is 0 Å².